The van der Waals surface area contributed by atoms with E-state index in [1.165, 1.54) is 24.1 Å². The Hall–Kier alpha value is -3.59. The summed E-state index contributed by atoms with van der Waals surface area (Å²) >= 11 is 0. The molecule has 2 amide bonds. The van der Waals surface area contributed by atoms with E-state index < -0.39 is 17.6 Å². The van der Waals surface area contributed by atoms with Crippen LogP contribution in [0.5, 0.6) is 0 Å². The van der Waals surface area contributed by atoms with Crippen molar-refractivity contribution in [3.05, 3.63) is 95.3 Å². The highest BCUT2D eigenvalue weighted by molar-refractivity contribution is 5.96. The van der Waals surface area contributed by atoms with E-state index in [1.807, 2.05) is 60.3 Å². The Kier molecular flexibility index (Phi) is 8.70. The Morgan fingerprint density at radius 2 is 1.69 bits per heavy atom. The Bertz CT molecular complexity index is 1130. The highest BCUT2D eigenvalue weighted by Crippen LogP contribution is 2.29. The fourth-order valence-corrected chi connectivity index (χ4v) is 3.62. The highest BCUT2D eigenvalue weighted by atomic mass is 19.4. The van der Waals surface area contributed by atoms with Crippen molar-refractivity contribution >= 4 is 11.8 Å². The van der Waals surface area contributed by atoms with Gasteiger partial charge < -0.3 is 19.1 Å². The Balaban J connectivity index is 1.84. The van der Waals surface area contributed by atoms with Gasteiger partial charge in [-0.3, -0.25) is 9.59 Å². The van der Waals surface area contributed by atoms with E-state index in [4.69, 9.17) is 4.74 Å². The molecule has 0 aliphatic rings. The Morgan fingerprint density at radius 3 is 2.31 bits per heavy atom. The number of benzene rings is 2. The van der Waals surface area contributed by atoms with Crippen molar-refractivity contribution < 1.29 is 27.5 Å². The number of nitrogens with zero attached hydrogens (tertiary/aromatic N) is 3. The molecule has 1 aromatic heterocycles. The maximum Gasteiger partial charge on any atom is 0.416 e. The van der Waals surface area contributed by atoms with Gasteiger partial charge in [-0.25, -0.2) is 0 Å². The fraction of sp³-hybridized carbons (Fsp3) is 0.308. The molecule has 0 aliphatic carbocycles. The summed E-state index contributed by atoms with van der Waals surface area (Å²) in [6.07, 6.45) is -2.70. The lowest BCUT2D eigenvalue weighted by Gasteiger charge is -2.28. The van der Waals surface area contributed by atoms with Gasteiger partial charge in [0.2, 0.25) is 5.91 Å². The topological polar surface area (TPSA) is 54.8 Å². The molecule has 0 aliphatic heterocycles. The molecular formula is C26H28F3N3O3. The lowest BCUT2D eigenvalue weighted by atomic mass is 10.1. The smallest absolute Gasteiger partial charge is 0.383 e. The largest absolute Gasteiger partial charge is 0.416 e. The molecule has 0 saturated carbocycles. The minimum Gasteiger partial charge on any atom is -0.383 e. The molecule has 0 atom stereocenters. The maximum atomic E-state index is 13.4. The molecular weight excluding hydrogens is 459 g/mol. The molecule has 0 bridgehead atoms. The van der Waals surface area contributed by atoms with E-state index >= 15 is 0 Å². The third kappa shape index (κ3) is 7.19. The number of aryl methyl sites for hydroxylation is 1. The second-order valence-corrected chi connectivity index (χ2v) is 8.14. The minimum atomic E-state index is -4.58. The predicted molar refractivity (Wildman–Crippen MR) is 125 cm³/mol. The molecule has 6 nitrogen and oxygen atoms in total. The first kappa shape index (κ1) is 26.0. The van der Waals surface area contributed by atoms with E-state index in [-0.39, 0.29) is 31.2 Å². The van der Waals surface area contributed by atoms with Gasteiger partial charge in [0.15, 0.2) is 0 Å². The Morgan fingerprint density at radius 1 is 0.943 bits per heavy atom. The van der Waals surface area contributed by atoms with Crippen molar-refractivity contribution in [3.63, 3.8) is 0 Å². The first-order valence-electron chi connectivity index (χ1n) is 11.1. The van der Waals surface area contributed by atoms with Crippen LogP contribution in [-0.4, -0.2) is 53.0 Å². The number of alkyl halides is 3. The third-order valence-electron chi connectivity index (χ3n) is 5.59. The van der Waals surface area contributed by atoms with E-state index in [0.717, 1.165) is 23.4 Å². The number of amides is 2. The van der Waals surface area contributed by atoms with E-state index in [2.05, 4.69) is 0 Å². The number of ether oxygens (including phenoxy) is 1. The molecule has 186 valence electrons. The molecule has 0 spiro atoms. The quantitative estimate of drug-likeness (QED) is 0.427. The molecule has 0 unspecified atom stereocenters. The van der Waals surface area contributed by atoms with Crippen molar-refractivity contribution in [1.29, 1.82) is 0 Å². The molecule has 0 radical (unpaired) electrons. The zero-order valence-electron chi connectivity index (χ0n) is 19.7. The summed E-state index contributed by atoms with van der Waals surface area (Å²) in [5, 5.41) is 0. The number of rotatable bonds is 10. The molecule has 3 aromatic rings. The normalized spacial score (nSPS) is 11.3. The molecule has 1 heterocycles. The first-order valence-corrected chi connectivity index (χ1v) is 11.1. The minimum absolute atomic E-state index is 0.0562. The molecule has 0 saturated heterocycles. The van der Waals surface area contributed by atoms with Crippen LogP contribution in [0, 0.1) is 0 Å². The van der Waals surface area contributed by atoms with Gasteiger partial charge in [-0.1, -0.05) is 36.4 Å². The summed E-state index contributed by atoms with van der Waals surface area (Å²) < 4.78 is 46.5. The summed E-state index contributed by atoms with van der Waals surface area (Å²) in [7, 11) is 3.33. The summed E-state index contributed by atoms with van der Waals surface area (Å²) in [4.78, 5) is 29.4. The van der Waals surface area contributed by atoms with Gasteiger partial charge in [0.25, 0.3) is 5.91 Å². The van der Waals surface area contributed by atoms with E-state index in [1.54, 1.807) is 4.90 Å². The monoisotopic (exact) mass is 487 g/mol. The van der Waals surface area contributed by atoms with Crippen molar-refractivity contribution in [2.45, 2.75) is 19.3 Å². The summed E-state index contributed by atoms with van der Waals surface area (Å²) in [6.45, 7) is 0.526. The maximum absolute atomic E-state index is 13.4. The Labute approximate surface area is 202 Å². The van der Waals surface area contributed by atoms with Crippen LogP contribution >= 0.6 is 0 Å². The predicted octanol–water partition coefficient (Wildman–Crippen LogP) is 4.36. The first-order chi connectivity index (χ1) is 16.7. The van der Waals surface area contributed by atoms with Crippen LogP contribution in [0.2, 0.25) is 0 Å². The molecule has 2 aromatic carbocycles. The van der Waals surface area contributed by atoms with Crippen molar-refractivity contribution in [1.82, 2.24) is 14.4 Å². The highest BCUT2D eigenvalue weighted by Gasteiger charge is 2.31. The van der Waals surface area contributed by atoms with Crippen LogP contribution in [0.3, 0.4) is 0 Å². The van der Waals surface area contributed by atoms with Crippen LogP contribution in [0.25, 0.3) is 0 Å². The number of carbonyl (C=O) groups is 2. The number of halogens is 3. The van der Waals surface area contributed by atoms with Crippen LogP contribution in [0.15, 0.2) is 72.9 Å². The van der Waals surface area contributed by atoms with Crippen molar-refractivity contribution in [2.24, 2.45) is 7.05 Å². The van der Waals surface area contributed by atoms with Gasteiger partial charge in [0.05, 0.1) is 18.7 Å². The zero-order valence-corrected chi connectivity index (χ0v) is 19.7. The number of hydrogen-bond donors (Lipinski definition) is 0. The zero-order chi connectivity index (χ0) is 25.4. The van der Waals surface area contributed by atoms with Crippen LogP contribution in [0.4, 0.5) is 13.2 Å². The van der Waals surface area contributed by atoms with Gasteiger partial charge in [-0.15, -0.1) is 0 Å². The fourth-order valence-electron chi connectivity index (χ4n) is 3.62. The second kappa shape index (κ2) is 11.7. The van der Waals surface area contributed by atoms with Gasteiger partial charge in [0, 0.05) is 44.7 Å². The second-order valence-electron chi connectivity index (χ2n) is 8.14. The number of methoxy groups -OCH3 is 1. The number of carbonyl (C=O) groups excluding carboxylic acids is 2. The average Bonchev–Trinajstić information content (AvgIpc) is 3.25. The third-order valence-corrected chi connectivity index (χ3v) is 5.59. The summed E-state index contributed by atoms with van der Waals surface area (Å²) in [5.41, 5.74) is 0.765. The summed E-state index contributed by atoms with van der Waals surface area (Å²) in [5.74, 6) is -0.994. The van der Waals surface area contributed by atoms with Gasteiger partial charge in [-0.2, -0.15) is 13.2 Å². The van der Waals surface area contributed by atoms with Crippen molar-refractivity contribution in [2.75, 3.05) is 26.8 Å². The standard InChI is InChI=1S/C26H28F3N3O3/c1-30-13-7-12-23(30)18-32(17-20-8-4-3-5-9-20)24(33)19-31(14-15-35-2)25(34)21-10-6-11-22(16-21)26(27,28)29/h3-13,16H,14-15,17-19H2,1-2H3. The van der Waals surface area contributed by atoms with Crippen LogP contribution in [0.1, 0.15) is 27.2 Å². The van der Waals surface area contributed by atoms with Gasteiger partial charge in [0.1, 0.15) is 6.54 Å². The van der Waals surface area contributed by atoms with E-state index in [9.17, 15) is 22.8 Å². The van der Waals surface area contributed by atoms with Crippen molar-refractivity contribution in [3.8, 4) is 0 Å². The molecule has 0 fully saturated rings. The van der Waals surface area contributed by atoms with Crippen LogP contribution < -0.4 is 0 Å². The molecule has 3 rings (SSSR count). The van der Waals surface area contributed by atoms with Gasteiger partial charge in [-0.05, 0) is 35.9 Å². The number of aromatic nitrogens is 1. The number of hydrogen-bond acceptors (Lipinski definition) is 3. The van der Waals surface area contributed by atoms with Gasteiger partial charge >= 0.3 is 6.18 Å². The summed E-state index contributed by atoms with van der Waals surface area (Å²) in [6, 6.07) is 17.4. The lowest BCUT2D eigenvalue weighted by Crippen LogP contribution is -2.44. The molecule has 35 heavy (non-hydrogen) atoms. The molecule has 9 heteroatoms. The molecule has 0 N–H and O–H groups in total. The van der Waals surface area contributed by atoms with E-state index in [0.29, 0.717) is 13.1 Å². The SMILES string of the molecule is COCCN(CC(=O)N(Cc1ccccc1)Cc1cccn1C)C(=O)c1cccc(C(F)(F)F)c1. The lowest BCUT2D eigenvalue weighted by molar-refractivity contribution is -0.137. The average molecular weight is 488 g/mol. The van der Waals surface area contributed by atoms with Crippen LogP contribution in [-0.2, 0) is 35.8 Å².